The maximum absolute atomic E-state index is 4.06. The number of nitrogens with one attached hydrogen (secondary N) is 1. The second kappa shape index (κ2) is 6.81. The number of rotatable bonds is 6. The smallest absolute Gasteiger partial charge is 0.0596 e. The highest BCUT2D eigenvalue weighted by Gasteiger charge is 2.25. The van der Waals surface area contributed by atoms with Gasteiger partial charge in [0.05, 0.1) is 12.2 Å². The minimum absolute atomic E-state index is 0.220. The van der Waals surface area contributed by atoms with Crippen molar-refractivity contribution in [2.75, 3.05) is 6.54 Å². The lowest BCUT2D eigenvalue weighted by Gasteiger charge is -2.31. The van der Waals surface area contributed by atoms with Crippen molar-refractivity contribution in [3.05, 3.63) is 59.4 Å². The van der Waals surface area contributed by atoms with Crippen molar-refractivity contribution in [1.29, 1.82) is 0 Å². The van der Waals surface area contributed by atoms with Gasteiger partial charge in [0.1, 0.15) is 0 Å². The molecule has 3 nitrogen and oxygen atoms in total. The molecule has 0 bridgehead atoms. The van der Waals surface area contributed by atoms with E-state index in [2.05, 4.69) is 52.8 Å². The van der Waals surface area contributed by atoms with Crippen molar-refractivity contribution in [3.63, 3.8) is 0 Å². The first-order valence-electron chi connectivity index (χ1n) is 7.99. The molecular weight excluding hydrogens is 258 g/mol. The molecule has 0 spiro atoms. The zero-order valence-electron chi connectivity index (χ0n) is 12.6. The van der Waals surface area contributed by atoms with Crippen LogP contribution in [-0.4, -0.2) is 16.7 Å². The van der Waals surface area contributed by atoms with E-state index in [4.69, 9.17) is 0 Å². The Morgan fingerprint density at radius 3 is 2.71 bits per heavy atom. The normalized spacial score (nSPS) is 16.4. The monoisotopic (exact) mass is 281 g/mol. The predicted octanol–water partition coefficient (Wildman–Crippen LogP) is 3.83. The van der Waals surface area contributed by atoms with E-state index in [1.807, 2.05) is 6.20 Å². The molecule has 0 amide bonds. The van der Waals surface area contributed by atoms with Crippen LogP contribution in [0.25, 0.3) is 0 Å². The van der Waals surface area contributed by atoms with E-state index in [0.717, 1.165) is 18.9 Å². The van der Waals surface area contributed by atoms with Gasteiger partial charge in [-0.2, -0.15) is 10.2 Å². The lowest BCUT2D eigenvalue weighted by Crippen LogP contribution is -2.25. The van der Waals surface area contributed by atoms with E-state index in [-0.39, 0.29) is 6.04 Å². The van der Waals surface area contributed by atoms with Crippen LogP contribution >= 0.6 is 0 Å². The first-order valence-corrected chi connectivity index (χ1v) is 7.99. The fraction of sp³-hybridized carbons (Fsp3) is 0.444. The average molecular weight is 281 g/mol. The molecule has 1 aliphatic carbocycles. The lowest BCUT2D eigenvalue weighted by atomic mass is 9.76. The summed E-state index contributed by atoms with van der Waals surface area (Å²) in [6.07, 6.45) is 8.80. The molecule has 1 aliphatic rings. The van der Waals surface area contributed by atoms with Gasteiger partial charge < -0.3 is 5.32 Å². The second-order valence-corrected chi connectivity index (χ2v) is 5.82. The fourth-order valence-corrected chi connectivity index (χ4v) is 3.03. The Morgan fingerprint density at radius 2 is 2.05 bits per heavy atom. The largest absolute Gasteiger partial charge is 0.306 e. The summed E-state index contributed by atoms with van der Waals surface area (Å²) >= 11 is 0. The molecule has 2 aromatic rings. The SMILES string of the molecule is CCCNC(c1ccnnc1)c1ccccc1C1CCC1. The van der Waals surface area contributed by atoms with Gasteiger partial charge in [0.2, 0.25) is 0 Å². The highest BCUT2D eigenvalue weighted by Crippen LogP contribution is 2.40. The minimum atomic E-state index is 0.220. The van der Waals surface area contributed by atoms with Crippen LogP contribution in [-0.2, 0) is 0 Å². The van der Waals surface area contributed by atoms with Crippen molar-refractivity contribution in [2.24, 2.45) is 0 Å². The third-order valence-electron chi connectivity index (χ3n) is 4.39. The predicted molar refractivity (Wildman–Crippen MR) is 85.2 cm³/mol. The van der Waals surface area contributed by atoms with E-state index >= 15 is 0 Å². The van der Waals surface area contributed by atoms with Crippen molar-refractivity contribution < 1.29 is 0 Å². The summed E-state index contributed by atoms with van der Waals surface area (Å²) in [4.78, 5) is 0. The maximum Gasteiger partial charge on any atom is 0.0596 e. The van der Waals surface area contributed by atoms with Crippen LogP contribution in [0.2, 0.25) is 0 Å². The van der Waals surface area contributed by atoms with Gasteiger partial charge in [-0.05, 0) is 54.5 Å². The Kier molecular flexibility index (Phi) is 4.61. The minimum Gasteiger partial charge on any atom is -0.306 e. The molecule has 1 saturated carbocycles. The third-order valence-corrected chi connectivity index (χ3v) is 4.39. The molecule has 0 radical (unpaired) electrons. The summed E-state index contributed by atoms with van der Waals surface area (Å²) in [6.45, 7) is 3.21. The Labute approximate surface area is 126 Å². The van der Waals surface area contributed by atoms with Crippen molar-refractivity contribution >= 4 is 0 Å². The van der Waals surface area contributed by atoms with Gasteiger partial charge in [-0.1, -0.05) is 37.6 Å². The van der Waals surface area contributed by atoms with Gasteiger partial charge in [0.25, 0.3) is 0 Å². The van der Waals surface area contributed by atoms with Crippen LogP contribution in [0, 0.1) is 0 Å². The van der Waals surface area contributed by atoms with Gasteiger partial charge in [-0.25, -0.2) is 0 Å². The molecule has 1 heterocycles. The molecule has 1 aromatic carbocycles. The molecule has 110 valence electrons. The van der Waals surface area contributed by atoms with E-state index < -0.39 is 0 Å². The first-order chi connectivity index (χ1) is 10.4. The molecule has 3 rings (SSSR count). The van der Waals surface area contributed by atoms with Crippen LogP contribution in [0.1, 0.15) is 61.3 Å². The zero-order valence-corrected chi connectivity index (χ0v) is 12.6. The number of hydrogen-bond acceptors (Lipinski definition) is 3. The van der Waals surface area contributed by atoms with Crippen LogP contribution in [0.5, 0.6) is 0 Å². The standard InChI is InChI=1S/C18H23N3/c1-2-11-19-18(15-10-12-20-21-13-15)17-9-4-3-8-16(17)14-6-5-7-14/h3-4,8-10,12-14,18-19H,2,5-7,11H2,1H3. The van der Waals surface area contributed by atoms with Gasteiger partial charge in [0, 0.05) is 6.20 Å². The quantitative estimate of drug-likeness (QED) is 0.874. The Balaban J connectivity index is 1.96. The zero-order chi connectivity index (χ0) is 14.5. The Bertz CT molecular complexity index is 564. The fourth-order valence-electron chi connectivity index (χ4n) is 3.03. The highest BCUT2D eigenvalue weighted by atomic mass is 15.1. The third kappa shape index (κ3) is 3.13. The van der Waals surface area contributed by atoms with Crippen LogP contribution in [0.15, 0.2) is 42.7 Å². The van der Waals surface area contributed by atoms with Crippen LogP contribution in [0.3, 0.4) is 0 Å². The first kappa shape index (κ1) is 14.2. The molecule has 1 N–H and O–H groups in total. The van der Waals surface area contributed by atoms with Crippen molar-refractivity contribution in [3.8, 4) is 0 Å². The van der Waals surface area contributed by atoms with Crippen LogP contribution in [0.4, 0.5) is 0 Å². The molecule has 1 unspecified atom stereocenters. The molecule has 21 heavy (non-hydrogen) atoms. The average Bonchev–Trinajstić information content (AvgIpc) is 2.48. The summed E-state index contributed by atoms with van der Waals surface area (Å²) in [7, 11) is 0. The summed E-state index contributed by atoms with van der Waals surface area (Å²) in [6, 6.07) is 11.2. The molecule has 0 saturated heterocycles. The molecule has 0 aliphatic heterocycles. The van der Waals surface area contributed by atoms with Crippen molar-refractivity contribution in [2.45, 2.75) is 44.6 Å². The highest BCUT2D eigenvalue weighted by molar-refractivity contribution is 5.39. The van der Waals surface area contributed by atoms with E-state index in [0.29, 0.717) is 0 Å². The van der Waals surface area contributed by atoms with E-state index in [1.54, 1.807) is 6.20 Å². The second-order valence-electron chi connectivity index (χ2n) is 5.82. The van der Waals surface area contributed by atoms with Gasteiger partial charge in [-0.3, -0.25) is 0 Å². The number of benzene rings is 1. The molecule has 1 fully saturated rings. The maximum atomic E-state index is 4.06. The van der Waals surface area contributed by atoms with Crippen molar-refractivity contribution in [1.82, 2.24) is 15.5 Å². The molecule has 3 heteroatoms. The van der Waals surface area contributed by atoms with Gasteiger partial charge >= 0.3 is 0 Å². The molecule has 1 aromatic heterocycles. The molecular formula is C18H23N3. The lowest BCUT2D eigenvalue weighted by molar-refractivity contribution is 0.414. The Morgan fingerprint density at radius 1 is 1.19 bits per heavy atom. The summed E-state index contributed by atoms with van der Waals surface area (Å²) < 4.78 is 0. The van der Waals surface area contributed by atoms with Gasteiger partial charge in [0.15, 0.2) is 0 Å². The van der Waals surface area contributed by atoms with Crippen LogP contribution < -0.4 is 5.32 Å². The number of aromatic nitrogens is 2. The Hall–Kier alpha value is -1.74. The van der Waals surface area contributed by atoms with E-state index in [1.165, 1.54) is 36.0 Å². The molecule has 1 atom stereocenters. The van der Waals surface area contributed by atoms with Gasteiger partial charge in [-0.15, -0.1) is 0 Å². The number of nitrogens with zero attached hydrogens (tertiary/aromatic N) is 2. The summed E-state index contributed by atoms with van der Waals surface area (Å²) in [5.41, 5.74) is 4.11. The van der Waals surface area contributed by atoms with E-state index in [9.17, 15) is 0 Å². The topological polar surface area (TPSA) is 37.8 Å². The summed E-state index contributed by atoms with van der Waals surface area (Å²) in [5.74, 6) is 0.738. The number of hydrogen-bond donors (Lipinski definition) is 1. The summed E-state index contributed by atoms with van der Waals surface area (Å²) in [5, 5.41) is 11.6.